The minimum atomic E-state index is -0.910. The molecular weight excluding hydrogens is 248 g/mol. The van der Waals surface area contributed by atoms with Crippen LogP contribution in [0.4, 0.5) is 4.79 Å². The number of rotatable bonds is 8. The van der Waals surface area contributed by atoms with Crippen molar-refractivity contribution in [2.75, 3.05) is 26.8 Å². The summed E-state index contributed by atoms with van der Waals surface area (Å²) in [6.07, 6.45) is 5.54. The monoisotopic (exact) mass is 272 g/mol. The molecule has 0 atom stereocenters. The minimum absolute atomic E-state index is 0.0533. The fourth-order valence-corrected chi connectivity index (χ4v) is 2.57. The molecule has 0 aromatic heterocycles. The molecule has 19 heavy (non-hydrogen) atoms. The summed E-state index contributed by atoms with van der Waals surface area (Å²) >= 11 is 0. The van der Waals surface area contributed by atoms with E-state index >= 15 is 0 Å². The Hall–Kier alpha value is -1.30. The Morgan fingerprint density at radius 3 is 2.53 bits per heavy atom. The van der Waals surface area contributed by atoms with Crippen LogP contribution in [0.5, 0.6) is 0 Å². The standard InChI is InChI=1S/C13H24N2O4/c1-19-9-7-13(5-2-3-6-13)10-15-12(18)14-8-4-11(16)17/h2-10H2,1H3,(H,16,17)(H2,14,15,18). The molecule has 0 aromatic rings. The number of carbonyl (C=O) groups excluding carboxylic acids is 1. The zero-order chi connectivity index (χ0) is 14.1. The van der Waals surface area contributed by atoms with E-state index in [4.69, 9.17) is 9.84 Å². The number of amides is 2. The lowest BCUT2D eigenvalue weighted by atomic mass is 9.83. The maximum Gasteiger partial charge on any atom is 0.314 e. The summed E-state index contributed by atoms with van der Waals surface area (Å²) < 4.78 is 5.13. The Morgan fingerprint density at radius 1 is 1.26 bits per heavy atom. The molecule has 110 valence electrons. The van der Waals surface area contributed by atoms with Gasteiger partial charge in [-0.2, -0.15) is 0 Å². The third-order valence-electron chi connectivity index (χ3n) is 3.75. The molecule has 2 amide bonds. The van der Waals surface area contributed by atoms with Gasteiger partial charge in [0.15, 0.2) is 0 Å². The summed E-state index contributed by atoms with van der Waals surface area (Å²) in [4.78, 5) is 21.9. The first kappa shape index (κ1) is 15.8. The molecule has 0 bridgehead atoms. The molecule has 0 aromatic carbocycles. The van der Waals surface area contributed by atoms with Crippen LogP contribution in [-0.2, 0) is 9.53 Å². The van der Waals surface area contributed by atoms with Crippen LogP contribution in [0.25, 0.3) is 0 Å². The second-order valence-electron chi connectivity index (χ2n) is 5.20. The molecule has 6 nitrogen and oxygen atoms in total. The van der Waals surface area contributed by atoms with Crippen LogP contribution in [0.1, 0.15) is 38.5 Å². The van der Waals surface area contributed by atoms with Crippen molar-refractivity contribution in [2.45, 2.75) is 38.5 Å². The van der Waals surface area contributed by atoms with Gasteiger partial charge in [0, 0.05) is 26.8 Å². The topological polar surface area (TPSA) is 87.7 Å². The molecule has 3 N–H and O–H groups in total. The van der Waals surface area contributed by atoms with Crippen LogP contribution >= 0.6 is 0 Å². The molecule has 0 radical (unpaired) electrons. The molecule has 1 rings (SSSR count). The van der Waals surface area contributed by atoms with Gasteiger partial charge in [0.25, 0.3) is 0 Å². The summed E-state index contributed by atoms with van der Waals surface area (Å²) in [5.74, 6) is -0.910. The Balaban J connectivity index is 2.27. The van der Waals surface area contributed by atoms with Crippen LogP contribution in [0.3, 0.4) is 0 Å². The maximum absolute atomic E-state index is 11.6. The SMILES string of the molecule is COCCC1(CNC(=O)NCCC(=O)O)CCCC1. The number of carbonyl (C=O) groups is 2. The van der Waals surface area contributed by atoms with E-state index in [1.807, 2.05) is 0 Å². The molecule has 1 aliphatic rings. The van der Waals surface area contributed by atoms with Gasteiger partial charge in [-0.05, 0) is 24.7 Å². The van der Waals surface area contributed by atoms with Crippen molar-refractivity contribution in [1.29, 1.82) is 0 Å². The quantitative estimate of drug-likeness (QED) is 0.622. The number of ether oxygens (including phenoxy) is 1. The molecule has 0 saturated heterocycles. The molecule has 1 aliphatic carbocycles. The van der Waals surface area contributed by atoms with Gasteiger partial charge in [0.1, 0.15) is 0 Å². The lowest BCUT2D eigenvalue weighted by molar-refractivity contribution is -0.136. The highest BCUT2D eigenvalue weighted by Crippen LogP contribution is 2.40. The maximum atomic E-state index is 11.6. The van der Waals surface area contributed by atoms with E-state index in [1.54, 1.807) is 7.11 Å². The first-order valence-electron chi connectivity index (χ1n) is 6.80. The fourth-order valence-electron chi connectivity index (χ4n) is 2.57. The Morgan fingerprint density at radius 2 is 1.95 bits per heavy atom. The van der Waals surface area contributed by atoms with E-state index in [-0.39, 0.29) is 24.4 Å². The molecule has 1 fully saturated rings. The second kappa shape index (κ2) is 7.99. The highest BCUT2D eigenvalue weighted by Gasteiger charge is 2.33. The third-order valence-corrected chi connectivity index (χ3v) is 3.75. The molecule has 0 unspecified atom stereocenters. The number of carboxylic acid groups (broad SMARTS) is 1. The van der Waals surface area contributed by atoms with Gasteiger partial charge in [-0.3, -0.25) is 4.79 Å². The van der Waals surface area contributed by atoms with E-state index in [2.05, 4.69) is 10.6 Å². The predicted octanol–water partition coefficient (Wildman–Crippen LogP) is 1.36. The highest BCUT2D eigenvalue weighted by atomic mass is 16.5. The minimum Gasteiger partial charge on any atom is -0.481 e. The summed E-state index contributed by atoms with van der Waals surface area (Å²) in [7, 11) is 1.69. The number of aliphatic carboxylic acids is 1. The Labute approximate surface area is 113 Å². The summed E-state index contributed by atoms with van der Waals surface area (Å²) in [5, 5.41) is 13.9. The van der Waals surface area contributed by atoms with Crippen molar-refractivity contribution in [2.24, 2.45) is 5.41 Å². The van der Waals surface area contributed by atoms with E-state index in [0.717, 1.165) is 19.3 Å². The van der Waals surface area contributed by atoms with Crippen molar-refractivity contribution < 1.29 is 19.4 Å². The first-order valence-corrected chi connectivity index (χ1v) is 6.80. The normalized spacial score (nSPS) is 17.1. The second-order valence-corrected chi connectivity index (χ2v) is 5.20. The lowest BCUT2D eigenvalue weighted by Crippen LogP contribution is -2.42. The molecular formula is C13H24N2O4. The van der Waals surface area contributed by atoms with Crippen molar-refractivity contribution in [3.8, 4) is 0 Å². The van der Waals surface area contributed by atoms with Gasteiger partial charge in [-0.1, -0.05) is 12.8 Å². The lowest BCUT2D eigenvalue weighted by Gasteiger charge is -2.29. The molecule has 1 saturated carbocycles. The number of nitrogens with one attached hydrogen (secondary N) is 2. The molecule has 0 aliphatic heterocycles. The number of hydrogen-bond donors (Lipinski definition) is 3. The van der Waals surface area contributed by atoms with E-state index in [1.165, 1.54) is 12.8 Å². The highest BCUT2D eigenvalue weighted by molar-refractivity contribution is 5.75. The van der Waals surface area contributed by atoms with Crippen molar-refractivity contribution in [3.05, 3.63) is 0 Å². The molecule has 6 heteroatoms. The van der Waals surface area contributed by atoms with Crippen LogP contribution in [0, 0.1) is 5.41 Å². The summed E-state index contributed by atoms with van der Waals surface area (Å²) in [5.41, 5.74) is 0.153. The number of urea groups is 1. The van der Waals surface area contributed by atoms with Gasteiger partial charge >= 0.3 is 12.0 Å². The van der Waals surface area contributed by atoms with Crippen LogP contribution in [-0.4, -0.2) is 43.9 Å². The summed E-state index contributed by atoms with van der Waals surface area (Å²) in [6.45, 7) is 1.50. The van der Waals surface area contributed by atoms with Crippen LogP contribution in [0.15, 0.2) is 0 Å². The van der Waals surface area contributed by atoms with Gasteiger partial charge in [-0.15, -0.1) is 0 Å². The zero-order valence-corrected chi connectivity index (χ0v) is 11.5. The Bertz CT molecular complexity index is 301. The number of hydrogen-bond acceptors (Lipinski definition) is 3. The van der Waals surface area contributed by atoms with Crippen LogP contribution in [0.2, 0.25) is 0 Å². The van der Waals surface area contributed by atoms with Gasteiger partial charge < -0.3 is 20.5 Å². The average molecular weight is 272 g/mol. The smallest absolute Gasteiger partial charge is 0.314 e. The largest absolute Gasteiger partial charge is 0.481 e. The van der Waals surface area contributed by atoms with Crippen molar-refractivity contribution in [3.63, 3.8) is 0 Å². The predicted molar refractivity (Wildman–Crippen MR) is 71.0 cm³/mol. The van der Waals surface area contributed by atoms with Crippen LogP contribution < -0.4 is 10.6 Å². The van der Waals surface area contributed by atoms with E-state index < -0.39 is 5.97 Å². The third kappa shape index (κ3) is 5.92. The average Bonchev–Trinajstić information content (AvgIpc) is 2.83. The number of methoxy groups -OCH3 is 1. The van der Waals surface area contributed by atoms with Crippen molar-refractivity contribution in [1.82, 2.24) is 10.6 Å². The first-order chi connectivity index (χ1) is 9.08. The molecule has 0 heterocycles. The molecule has 0 spiro atoms. The summed E-state index contributed by atoms with van der Waals surface area (Å²) in [6, 6.07) is -0.287. The fraction of sp³-hybridized carbons (Fsp3) is 0.846. The number of carboxylic acids is 1. The van der Waals surface area contributed by atoms with Gasteiger partial charge in [0.05, 0.1) is 6.42 Å². The van der Waals surface area contributed by atoms with Crippen molar-refractivity contribution >= 4 is 12.0 Å². The van der Waals surface area contributed by atoms with Gasteiger partial charge in [0.2, 0.25) is 0 Å². The Kier molecular flexibility index (Phi) is 6.62. The van der Waals surface area contributed by atoms with Gasteiger partial charge in [-0.25, -0.2) is 4.79 Å². The van der Waals surface area contributed by atoms with E-state index in [0.29, 0.717) is 13.2 Å². The zero-order valence-electron chi connectivity index (χ0n) is 11.5. The van der Waals surface area contributed by atoms with E-state index in [9.17, 15) is 9.59 Å².